The van der Waals surface area contributed by atoms with E-state index < -0.39 is 5.60 Å². The van der Waals surface area contributed by atoms with E-state index in [2.05, 4.69) is 98.3 Å². The normalized spacial score (nSPS) is 19.9. The molecule has 2 fully saturated rings. The summed E-state index contributed by atoms with van der Waals surface area (Å²) in [5.74, 6) is 0.798. The van der Waals surface area contributed by atoms with Crippen molar-refractivity contribution >= 4 is 29.4 Å². The monoisotopic (exact) mass is 565 g/mol. The van der Waals surface area contributed by atoms with Crippen molar-refractivity contribution in [3.05, 3.63) is 72.7 Å². The molecule has 6 rings (SSSR count). The number of H-pyrrole nitrogens is 1. The minimum Gasteiger partial charge on any atom is -0.444 e. The maximum atomic E-state index is 12.7. The van der Waals surface area contributed by atoms with Crippen LogP contribution in [0.25, 0.3) is 33.2 Å². The van der Waals surface area contributed by atoms with E-state index in [9.17, 15) is 4.79 Å². The number of aromatic amines is 1. The second-order valence-corrected chi connectivity index (χ2v) is 13.5. The Morgan fingerprint density at radius 1 is 0.929 bits per heavy atom. The lowest BCUT2D eigenvalue weighted by molar-refractivity contribution is 0.00578. The molecule has 4 aromatic rings. The van der Waals surface area contributed by atoms with Gasteiger partial charge < -0.3 is 19.0 Å². The van der Waals surface area contributed by atoms with E-state index >= 15 is 0 Å². The molecule has 218 valence electrons. The van der Waals surface area contributed by atoms with Crippen LogP contribution in [0.15, 0.2) is 66.9 Å². The Morgan fingerprint density at radius 3 is 2.24 bits per heavy atom. The first-order valence-corrected chi connectivity index (χ1v) is 14.8. The molecule has 7 nitrogen and oxygen atoms in total. The maximum absolute atomic E-state index is 12.7. The van der Waals surface area contributed by atoms with Crippen molar-refractivity contribution in [2.24, 2.45) is 0 Å². The SMILES string of the molecule is CC(C)(C)OC(=O)N1CCCC1c1ncc(-c2ccc(-c3ccc4cc(B5OC(C)(C)C(C)(C)O5)ccc4c3)cc2)[nH]1. The first kappa shape index (κ1) is 28.5. The van der Waals surface area contributed by atoms with Gasteiger partial charge in [-0.25, -0.2) is 9.78 Å². The highest BCUT2D eigenvalue weighted by Crippen LogP contribution is 2.37. The number of aromatic nitrogens is 2. The van der Waals surface area contributed by atoms with E-state index in [1.54, 1.807) is 4.90 Å². The highest BCUT2D eigenvalue weighted by Gasteiger charge is 2.51. The van der Waals surface area contributed by atoms with Crippen LogP contribution < -0.4 is 5.46 Å². The van der Waals surface area contributed by atoms with E-state index in [4.69, 9.17) is 14.0 Å². The summed E-state index contributed by atoms with van der Waals surface area (Å²) < 4.78 is 18.1. The van der Waals surface area contributed by atoms with E-state index in [1.165, 1.54) is 5.39 Å². The number of carbonyl (C=O) groups is 1. The smallest absolute Gasteiger partial charge is 0.444 e. The second kappa shape index (κ2) is 10.3. The molecular weight excluding hydrogens is 525 g/mol. The van der Waals surface area contributed by atoms with Crippen molar-refractivity contribution in [3.8, 4) is 22.4 Å². The molecule has 2 aliphatic heterocycles. The zero-order valence-electron chi connectivity index (χ0n) is 25.7. The fraction of sp³-hybridized carbons (Fsp3) is 0.412. The maximum Gasteiger partial charge on any atom is 0.494 e. The van der Waals surface area contributed by atoms with E-state index in [-0.39, 0.29) is 30.5 Å². The molecule has 1 aromatic heterocycles. The molecule has 0 spiro atoms. The van der Waals surface area contributed by atoms with E-state index in [0.717, 1.165) is 51.9 Å². The molecule has 3 aromatic carbocycles. The quantitative estimate of drug-likeness (QED) is 0.264. The van der Waals surface area contributed by atoms with Crippen molar-refractivity contribution in [1.82, 2.24) is 14.9 Å². The van der Waals surface area contributed by atoms with Gasteiger partial charge >= 0.3 is 13.2 Å². The van der Waals surface area contributed by atoms with Crippen molar-refractivity contribution in [2.45, 2.75) is 84.2 Å². The van der Waals surface area contributed by atoms with Crippen LogP contribution in [0, 0.1) is 0 Å². The molecule has 1 unspecified atom stereocenters. The molecule has 1 atom stereocenters. The van der Waals surface area contributed by atoms with Gasteiger partial charge in [-0.15, -0.1) is 0 Å². The summed E-state index contributed by atoms with van der Waals surface area (Å²) in [6, 6.07) is 21.3. The molecule has 2 aliphatic rings. The van der Waals surface area contributed by atoms with Gasteiger partial charge in [-0.3, -0.25) is 4.90 Å². The number of nitrogens with zero attached hydrogens (tertiary/aromatic N) is 2. The fourth-order valence-corrected chi connectivity index (χ4v) is 5.65. The van der Waals surface area contributed by atoms with E-state index in [1.807, 2.05) is 27.0 Å². The lowest BCUT2D eigenvalue weighted by Crippen LogP contribution is -2.41. The van der Waals surface area contributed by atoms with Crippen molar-refractivity contribution in [1.29, 1.82) is 0 Å². The molecule has 3 heterocycles. The van der Waals surface area contributed by atoms with Gasteiger partial charge in [0.15, 0.2) is 0 Å². The number of imidazole rings is 1. The average molecular weight is 566 g/mol. The molecule has 1 N–H and O–H groups in total. The van der Waals surface area contributed by atoms with Crippen LogP contribution in [-0.2, 0) is 14.0 Å². The summed E-state index contributed by atoms with van der Waals surface area (Å²) in [6.07, 6.45) is 3.36. The van der Waals surface area contributed by atoms with Gasteiger partial charge in [0.2, 0.25) is 0 Å². The van der Waals surface area contributed by atoms with Crippen LogP contribution in [-0.4, -0.2) is 51.4 Å². The van der Waals surface area contributed by atoms with Gasteiger partial charge in [0.25, 0.3) is 0 Å². The Bertz CT molecular complexity index is 1600. The molecule has 2 saturated heterocycles. The number of amides is 1. The number of fused-ring (bicyclic) bond motifs is 1. The molecule has 42 heavy (non-hydrogen) atoms. The van der Waals surface area contributed by atoms with Crippen molar-refractivity contribution in [3.63, 3.8) is 0 Å². The molecule has 0 radical (unpaired) electrons. The van der Waals surface area contributed by atoms with Crippen LogP contribution in [0.2, 0.25) is 0 Å². The first-order chi connectivity index (χ1) is 19.8. The predicted octanol–water partition coefficient (Wildman–Crippen LogP) is 7.27. The second-order valence-electron chi connectivity index (χ2n) is 13.5. The van der Waals surface area contributed by atoms with Crippen LogP contribution in [0.1, 0.15) is 73.2 Å². The van der Waals surface area contributed by atoms with Gasteiger partial charge in [-0.1, -0.05) is 54.6 Å². The zero-order valence-corrected chi connectivity index (χ0v) is 25.7. The number of rotatable bonds is 4. The Hall–Kier alpha value is -3.62. The minimum absolute atomic E-state index is 0.101. The number of hydrogen-bond donors (Lipinski definition) is 1. The summed E-state index contributed by atoms with van der Waals surface area (Å²) in [7, 11) is -0.372. The summed E-state index contributed by atoms with van der Waals surface area (Å²) in [5.41, 5.74) is 4.05. The van der Waals surface area contributed by atoms with Gasteiger partial charge in [0.05, 0.1) is 29.1 Å². The molecule has 1 amide bonds. The number of hydrogen-bond acceptors (Lipinski definition) is 5. The third-order valence-corrected chi connectivity index (χ3v) is 8.71. The average Bonchev–Trinajstić information content (AvgIpc) is 3.65. The summed E-state index contributed by atoms with van der Waals surface area (Å²) in [4.78, 5) is 22.6. The first-order valence-electron chi connectivity index (χ1n) is 14.8. The number of benzene rings is 3. The number of ether oxygens (including phenoxy) is 1. The fourth-order valence-electron chi connectivity index (χ4n) is 5.65. The third-order valence-electron chi connectivity index (χ3n) is 8.71. The van der Waals surface area contributed by atoms with Gasteiger partial charge in [0, 0.05) is 6.54 Å². The summed E-state index contributed by atoms with van der Waals surface area (Å²) >= 11 is 0. The third kappa shape index (κ3) is 5.46. The molecule has 0 aliphatic carbocycles. The molecule has 0 saturated carbocycles. The standard InChI is InChI=1S/C34H40BN3O4/c1-32(2,3)40-31(39)38-18-8-9-29(38)30-36-21-28(37-30)23-12-10-22(11-13-23)24-14-15-26-20-27(17-16-25(26)19-24)35-41-33(4,5)34(6,7)42-35/h10-17,19-21,29H,8-9,18H2,1-7H3,(H,36,37). The summed E-state index contributed by atoms with van der Waals surface area (Å²) in [6.45, 7) is 14.7. The highest BCUT2D eigenvalue weighted by molar-refractivity contribution is 6.62. The van der Waals surface area contributed by atoms with Crippen LogP contribution in [0.5, 0.6) is 0 Å². The summed E-state index contributed by atoms with van der Waals surface area (Å²) in [5, 5.41) is 2.32. The van der Waals surface area contributed by atoms with Crippen molar-refractivity contribution in [2.75, 3.05) is 6.54 Å². The van der Waals surface area contributed by atoms with Gasteiger partial charge in [0.1, 0.15) is 11.4 Å². The van der Waals surface area contributed by atoms with Crippen molar-refractivity contribution < 1.29 is 18.8 Å². The van der Waals surface area contributed by atoms with Gasteiger partial charge in [-0.05, 0) is 100 Å². The topological polar surface area (TPSA) is 76.7 Å². The Labute approximate surface area is 248 Å². The van der Waals surface area contributed by atoms with E-state index in [0.29, 0.717) is 6.54 Å². The lowest BCUT2D eigenvalue weighted by atomic mass is 9.78. The Morgan fingerprint density at radius 2 is 1.55 bits per heavy atom. The van der Waals surface area contributed by atoms with Crippen LogP contribution >= 0.6 is 0 Å². The zero-order chi connectivity index (χ0) is 29.9. The number of carbonyl (C=O) groups excluding carboxylic acids is 1. The Kier molecular flexibility index (Phi) is 6.98. The lowest BCUT2D eigenvalue weighted by Gasteiger charge is -2.32. The van der Waals surface area contributed by atoms with Crippen LogP contribution in [0.4, 0.5) is 4.79 Å². The number of nitrogens with one attached hydrogen (secondary N) is 1. The molecular formula is C34H40BN3O4. The number of likely N-dealkylation sites (tertiary alicyclic amines) is 1. The minimum atomic E-state index is -0.525. The predicted molar refractivity (Wildman–Crippen MR) is 168 cm³/mol. The van der Waals surface area contributed by atoms with Gasteiger partial charge in [-0.2, -0.15) is 0 Å². The molecule has 8 heteroatoms. The molecule has 0 bridgehead atoms. The Balaban J connectivity index is 1.17. The largest absolute Gasteiger partial charge is 0.494 e. The highest BCUT2D eigenvalue weighted by atomic mass is 16.7. The van der Waals surface area contributed by atoms with Crippen LogP contribution in [0.3, 0.4) is 0 Å².